The van der Waals surface area contributed by atoms with Crippen molar-refractivity contribution < 1.29 is 18.1 Å². The number of benzene rings is 2. The molecule has 144 valence electrons. The van der Waals surface area contributed by atoms with Crippen molar-refractivity contribution in [2.75, 3.05) is 23.3 Å². The Morgan fingerprint density at radius 3 is 2.39 bits per heavy atom. The Balaban J connectivity index is 1.62. The Morgan fingerprint density at radius 2 is 1.75 bits per heavy atom. The van der Waals surface area contributed by atoms with Gasteiger partial charge in [0.25, 0.3) is 5.91 Å². The summed E-state index contributed by atoms with van der Waals surface area (Å²) < 4.78 is 34.2. The number of aromatic nitrogens is 1. The molecular formula is C21H19F2N3O2. The van der Waals surface area contributed by atoms with E-state index < -0.39 is 17.5 Å². The van der Waals surface area contributed by atoms with Crippen LogP contribution in [0.2, 0.25) is 0 Å². The Bertz CT molecular complexity index is 989. The van der Waals surface area contributed by atoms with Crippen LogP contribution < -0.4 is 10.2 Å². The molecule has 1 aliphatic heterocycles. The van der Waals surface area contributed by atoms with E-state index in [1.165, 1.54) is 0 Å². The lowest BCUT2D eigenvalue weighted by Crippen LogP contribution is -2.21. The summed E-state index contributed by atoms with van der Waals surface area (Å²) in [6.45, 7) is 2.87. The topological polar surface area (TPSA) is 58.4 Å². The minimum Gasteiger partial charge on any atom is -0.367 e. The maximum absolute atomic E-state index is 14.5. The molecule has 1 N–H and O–H groups in total. The second-order valence-corrected chi connectivity index (χ2v) is 6.77. The van der Waals surface area contributed by atoms with Gasteiger partial charge < -0.3 is 14.7 Å². The normalized spacial score (nSPS) is 13.8. The molecule has 4 rings (SSSR count). The third-order valence-electron chi connectivity index (χ3n) is 4.83. The molecule has 0 radical (unpaired) electrons. The number of hydrogen-bond donors (Lipinski definition) is 1. The third-order valence-corrected chi connectivity index (χ3v) is 4.83. The van der Waals surface area contributed by atoms with E-state index in [4.69, 9.17) is 4.52 Å². The van der Waals surface area contributed by atoms with Gasteiger partial charge in [0.2, 0.25) is 0 Å². The lowest BCUT2D eigenvalue weighted by Gasteiger charge is -2.19. The van der Waals surface area contributed by atoms with E-state index >= 15 is 0 Å². The molecule has 2 aromatic carbocycles. The SMILES string of the molecule is Cc1onc(-c2ccccc2)c1C(=O)Nc1cc(F)c(N2CCCC2)c(F)c1. The lowest BCUT2D eigenvalue weighted by molar-refractivity contribution is 0.102. The fourth-order valence-electron chi connectivity index (χ4n) is 3.51. The van der Waals surface area contributed by atoms with Crippen molar-refractivity contribution in [2.45, 2.75) is 19.8 Å². The molecule has 1 aliphatic rings. The zero-order valence-electron chi connectivity index (χ0n) is 15.3. The average molecular weight is 383 g/mol. The molecule has 0 saturated carbocycles. The zero-order valence-corrected chi connectivity index (χ0v) is 15.3. The fourth-order valence-corrected chi connectivity index (χ4v) is 3.51. The van der Waals surface area contributed by atoms with Crippen molar-refractivity contribution in [3.8, 4) is 11.3 Å². The summed E-state index contributed by atoms with van der Waals surface area (Å²) in [6, 6.07) is 11.4. The van der Waals surface area contributed by atoms with Crippen LogP contribution in [-0.2, 0) is 0 Å². The number of anilines is 2. The zero-order chi connectivity index (χ0) is 19.7. The van der Waals surface area contributed by atoms with E-state index in [1.807, 2.05) is 18.2 Å². The first kappa shape index (κ1) is 18.2. The van der Waals surface area contributed by atoms with Crippen LogP contribution in [0, 0.1) is 18.6 Å². The lowest BCUT2D eigenvalue weighted by atomic mass is 10.1. The second kappa shape index (κ2) is 7.42. The molecule has 0 atom stereocenters. The van der Waals surface area contributed by atoms with Gasteiger partial charge in [-0.3, -0.25) is 4.79 Å². The molecule has 1 amide bonds. The Hall–Kier alpha value is -3.22. The summed E-state index contributed by atoms with van der Waals surface area (Å²) >= 11 is 0. The van der Waals surface area contributed by atoms with Gasteiger partial charge in [0.05, 0.1) is 0 Å². The second-order valence-electron chi connectivity index (χ2n) is 6.77. The van der Waals surface area contributed by atoms with Gasteiger partial charge in [-0.05, 0) is 31.9 Å². The Morgan fingerprint density at radius 1 is 1.11 bits per heavy atom. The van der Waals surface area contributed by atoms with E-state index in [1.54, 1.807) is 24.0 Å². The minimum absolute atomic E-state index is 0.0402. The molecule has 28 heavy (non-hydrogen) atoms. The summed E-state index contributed by atoms with van der Waals surface area (Å²) in [6.07, 6.45) is 1.82. The van der Waals surface area contributed by atoms with Crippen LogP contribution >= 0.6 is 0 Å². The number of halogens is 2. The number of rotatable bonds is 4. The molecule has 0 spiro atoms. The molecule has 0 unspecified atom stereocenters. The first-order chi connectivity index (χ1) is 13.5. The molecule has 7 heteroatoms. The van der Waals surface area contributed by atoms with Gasteiger partial charge in [-0.2, -0.15) is 0 Å². The monoisotopic (exact) mass is 383 g/mol. The van der Waals surface area contributed by atoms with E-state index in [9.17, 15) is 13.6 Å². The molecule has 5 nitrogen and oxygen atoms in total. The van der Waals surface area contributed by atoms with Crippen molar-refractivity contribution >= 4 is 17.3 Å². The number of carbonyl (C=O) groups excluding carboxylic acids is 1. The van der Waals surface area contributed by atoms with Gasteiger partial charge >= 0.3 is 0 Å². The number of nitrogens with one attached hydrogen (secondary N) is 1. The Labute approximate surface area is 160 Å². The highest BCUT2D eigenvalue weighted by Crippen LogP contribution is 2.31. The van der Waals surface area contributed by atoms with E-state index in [0.717, 1.165) is 25.0 Å². The highest BCUT2D eigenvalue weighted by molar-refractivity contribution is 6.08. The van der Waals surface area contributed by atoms with Crippen molar-refractivity contribution in [3.05, 3.63) is 65.4 Å². The highest BCUT2D eigenvalue weighted by Gasteiger charge is 2.24. The van der Waals surface area contributed by atoms with Crippen molar-refractivity contribution in [1.82, 2.24) is 5.16 Å². The van der Waals surface area contributed by atoms with E-state index in [2.05, 4.69) is 10.5 Å². The molecule has 1 aromatic heterocycles. The molecule has 1 saturated heterocycles. The first-order valence-corrected chi connectivity index (χ1v) is 9.11. The van der Waals surface area contributed by atoms with Gasteiger partial charge in [-0.15, -0.1) is 0 Å². The van der Waals surface area contributed by atoms with E-state index in [-0.39, 0.29) is 16.9 Å². The molecule has 3 aromatic rings. The van der Waals surface area contributed by atoms with Gasteiger partial charge in [0.15, 0.2) is 11.6 Å². The van der Waals surface area contributed by atoms with Crippen LogP contribution in [0.1, 0.15) is 29.0 Å². The van der Waals surface area contributed by atoms with Crippen LogP contribution in [-0.4, -0.2) is 24.2 Å². The van der Waals surface area contributed by atoms with E-state index in [0.29, 0.717) is 30.1 Å². The van der Waals surface area contributed by atoms with Gasteiger partial charge in [-0.1, -0.05) is 35.5 Å². The fraction of sp³-hybridized carbons (Fsp3) is 0.238. The Kier molecular flexibility index (Phi) is 4.81. The molecule has 1 fully saturated rings. The number of aryl methyl sites for hydroxylation is 1. The predicted octanol–water partition coefficient (Wildman–Crippen LogP) is 4.78. The van der Waals surface area contributed by atoms with Crippen molar-refractivity contribution in [2.24, 2.45) is 0 Å². The predicted molar refractivity (Wildman–Crippen MR) is 102 cm³/mol. The summed E-state index contributed by atoms with van der Waals surface area (Å²) in [5.74, 6) is -1.60. The number of amides is 1. The van der Waals surface area contributed by atoms with Crippen molar-refractivity contribution in [1.29, 1.82) is 0 Å². The summed E-state index contributed by atoms with van der Waals surface area (Å²) in [5, 5.41) is 6.52. The van der Waals surface area contributed by atoms with Gasteiger partial charge in [0.1, 0.15) is 22.7 Å². The quantitative estimate of drug-likeness (QED) is 0.704. The summed E-state index contributed by atoms with van der Waals surface area (Å²) in [4.78, 5) is 14.5. The van der Waals surface area contributed by atoms with Crippen LogP contribution in [0.5, 0.6) is 0 Å². The van der Waals surface area contributed by atoms with Gasteiger partial charge in [0, 0.05) is 24.3 Å². The summed E-state index contributed by atoms with van der Waals surface area (Å²) in [5.41, 5.74) is 1.33. The minimum atomic E-state index is -0.692. The summed E-state index contributed by atoms with van der Waals surface area (Å²) in [7, 11) is 0. The van der Waals surface area contributed by atoms with Gasteiger partial charge in [-0.25, -0.2) is 8.78 Å². The average Bonchev–Trinajstić information content (AvgIpc) is 3.32. The number of nitrogens with zero attached hydrogens (tertiary/aromatic N) is 2. The van der Waals surface area contributed by atoms with Crippen molar-refractivity contribution in [3.63, 3.8) is 0 Å². The van der Waals surface area contributed by atoms with Crippen LogP contribution in [0.3, 0.4) is 0 Å². The van der Waals surface area contributed by atoms with Crippen LogP contribution in [0.15, 0.2) is 47.0 Å². The number of hydrogen-bond acceptors (Lipinski definition) is 4. The number of carbonyl (C=O) groups is 1. The van der Waals surface area contributed by atoms with Crippen LogP contribution in [0.25, 0.3) is 11.3 Å². The smallest absolute Gasteiger partial charge is 0.261 e. The molecule has 0 aliphatic carbocycles. The highest BCUT2D eigenvalue weighted by atomic mass is 19.1. The molecule has 2 heterocycles. The maximum atomic E-state index is 14.5. The molecular weight excluding hydrogens is 364 g/mol. The standard InChI is InChI=1S/C21H19F2N3O2/c1-13-18(19(25-28-13)14-7-3-2-4-8-14)21(27)24-15-11-16(22)20(17(23)12-15)26-9-5-6-10-26/h2-4,7-8,11-12H,5-6,9-10H2,1H3,(H,24,27). The maximum Gasteiger partial charge on any atom is 0.261 e. The first-order valence-electron chi connectivity index (χ1n) is 9.11. The largest absolute Gasteiger partial charge is 0.367 e. The molecule has 0 bridgehead atoms. The van der Waals surface area contributed by atoms with Crippen LogP contribution in [0.4, 0.5) is 20.2 Å². The third kappa shape index (κ3) is 3.35.